The van der Waals surface area contributed by atoms with E-state index in [0.29, 0.717) is 9.88 Å². The molecule has 0 amide bonds. The fourth-order valence-electron chi connectivity index (χ4n) is 1.31. The lowest BCUT2D eigenvalue weighted by Gasteiger charge is -1.94. The monoisotopic (exact) mass is 237 g/mol. The summed E-state index contributed by atoms with van der Waals surface area (Å²) >= 11 is 1.29. The van der Waals surface area contributed by atoms with Crippen LogP contribution in [0.4, 0.5) is 4.39 Å². The van der Waals surface area contributed by atoms with Crippen molar-refractivity contribution in [1.29, 1.82) is 0 Å². The van der Waals surface area contributed by atoms with Crippen molar-refractivity contribution in [2.24, 2.45) is 0 Å². The van der Waals surface area contributed by atoms with Crippen LogP contribution in [0.1, 0.15) is 15.4 Å². The van der Waals surface area contributed by atoms with Gasteiger partial charge in [0.15, 0.2) is 5.69 Å². The zero-order valence-corrected chi connectivity index (χ0v) is 9.21. The Morgan fingerprint density at radius 1 is 1.38 bits per heavy atom. The van der Waals surface area contributed by atoms with Gasteiger partial charge in [0, 0.05) is 10.4 Å². The molecule has 0 saturated heterocycles. The van der Waals surface area contributed by atoms with Gasteiger partial charge in [-0.2, -0.15) is 0 Å². The van der Waals surface area contributed by atoms with Gasteiger partial charge in [0.05, 0.1) is 0 Å². The van der Waals surface area contributed by atoms with E-state index in [1.165, 1.54) is 23.5 Å². The lowest BCUT2D eigenvalue weighted by atomic mass is 10.2. The molecule has 82 valence electrons. The molecule has 0 spiro atoms. The Kier molecular flexibility index (Phi) is 2.70. The highest BCUT2D eigenvalue weighted by Gasteiger charge is 2.14. The van der Waals surface area contributed by atoms with E-state index in [-0.39, 0.29) is 11.5 Å². The van der Waals surface area contributed by atoms with E-state index in [9.17, 15) is 9.18 Å². The SMILES string of the molecule is Cc1sc(-c2ccc(F)cc2)nc1C(=O)O. The number of aryl methyl sites for hydroxylation is 1. The molecule has 2 aromatic rings. The number of carboxylic acids is 1. The number of rotatable bonds is 2. The van der Waals surface area contributed by atoms with Crippen LogP contribution in [-0.4, -0.2) is 16.1 Å². The minimum atomic E-state index is -1.04. The molecule has 0 bridgehead atoms. The third-order valence-corrected chi connectivity index (χ3v) is 3.11. The summed E-state index contributed by atoms with van der Waals surface area (Å²) in [4.78, 5) is 15.5. The van der Waals surface area contributed by atoms with Gasteiger partial charge in [0.1, 0.15) is 10.8 Å². The molecule has 1 N–H and O–H groups in total. The van der Waals surface area contributed by atoms with Crippen LogP contribution in [-0.2, 0) is 0 Å². The summed E-state index contributed by atoms with van der Waals surface area (Å²) in [6.45, 7) is 1.70. The van der Waals surface area contributed by atoms with E-state index in [0.717, 1.165) is 5.56 Å². The maximum absolute atomic E-state index is 12.7. The number of carbonyl (C=O) groups is 1. The van der Waals surface area contributed by atoms with Crippen molar-refractivity contribution in [1.82, 2.24) is 4.98 Å². The second-order valence-electron chi connectivity index (χ2n) is 3.24. The summed E-state index contributed by atoms with van der Waals surface area (Å²) in [6, 6.07) is 5.82. The molecule has 5 heteroatoms. The highest BCUT2D eigenvalue weighted by Crippen LogP contribution is 2.27. The molecule has 1 aromatic carbocycles. The molecule has 1 heterocycles. The van der Waals surface area contributed by atoms with Crippen molar-refractivity contribution < 1.29 is 14.3 Å². The molecule has 2 rings (SSSR count). The summed E-state index contributed by atoms with van der Waals surface area (Å²) in [5, 5.41) is 9.45. The fourth-order valence-corrected chi connectivity index (χ4v) is 2.22. The molecule has 0 fully saturated rings. The smallest absolute Gasteiger partial charge is 0.355 e. The normalized spacial score (nSPS) is 10.4. The summed E-state index contributed by atoms with van der Waals surface area (Å²) < 4.78 is 12.7. The standard InChI is InChI=1S/C11H8FNO2S/c1-6-9(11(14)15)13-10(16-6)7-2-4-8(12)5-3-7/h2-5H,1H3,(H,14,15). The first-order valence-corrected chi connectivity index (χ1v) is 5.36. The van der Waals surface area contributed by atoms with Crippen LogP contribution < -0.4 is 0 Å². The van der Waals surface area contributed by atoms with Gasteiger partial charge in [0.25, 0.3) is 0 Å². The third kappa shape index (κ3) is 1.94. The molecule has 16 heavy (non-hydrogen) atoms. The number of aromatic nitrogens is 1. The Morgan fingerprint density at radius 3 is 2.50 bits per heavy atom. The molecular weight excluding hydrogens is 229 g/mol. The molecule has 0 saturated carbocycles. The number of aromatic carboxylic acids is 1. The maximum atomic E-state index is 12.7. The van der Waals surface area contributed by atoms with E-state index in [4.69, 9.17) is 5.11 Å². The number of nitrogens with zero attached hydrogens (tertiary/aromatic N) is 1. The number of benzene rings is 1. The second kappa shape index (κ2) is 4.02. The van der Waals surface area contributed by atoms with E-state index < -0.39 is 5.97 Å². The first-order chi connectivity index (χ1) is 7.58. The minimum Gasteiger partial charge on any atom is -0.476 e. The number of hydrogen-bond acceptors (Lipinski definition) is 3. The van der Waals surface area contributed by atoms with Gasteiger partial charge in [0.2, 0.25) is 0 Å². The molecule has 0 aliphatic rings. The second-order valence-corrected chi connectivity index (χ2v) is 4.44. The summed E-state index contributed by atoms with van der Waals surface area (Å²) in [6.07, 6.45) is 0. The Hall–Kier alpha value is -1.75. The first-order valence-electron chi connectivity index (χ1n) is 4.54. The van der Waals surface area contributed by atoms with Gasteiger partial charge in [-0.3, -0.25) is 0 Å². The number of carboxylic acid groups (broad SMARTS) is 1. The van der Waals surface area contributed by atoms with Crippen molar-refractivity contribution >= 4 is 17.3 Å². The van der Waals surface area contributed by atoms with Crippen LogP contribution in [0, 0.1) is 12.7 Å². The van der Waals surface area contributed by atoms with Crippen molar-refractivity contribution in [3.05, 3.63) is 40.7 Å². The quantitative estimate of drug-likeness (QED) is 0.873. The van der Waals surface area contributed by atoms with Crippen LogP contribution in [0.3, 0.4) is 0 Å². The summed E-state index contributed by atoms with van der Waals surface area (Å²) in [7, 11) is 0. The van der Waals surface area contributed by atoms with E-state index in [1.807, 2.05) is 0 Å². The molecular formula is C11H8FNO2S. The van der Waals surface area contributed by atoms with Crippen molar-refractivity contribution in [3.8, 4) is 10.6 Å². The zero-order chi connectivity index (χ0) is 11.7. The third-order valence-electron chi connectivity index (χ3n) is 2.09. The average molecular weight is 237 g/mol. The van der Waals surface area contributed by atoms with Gasteiger partial charge in [-0.25, -0.2) is 14.2 Å². The lowest BCUT2D eigenvalue weighted by molar-refractivity contribution is 0.0690. The highest BCUT2D eigenvalue weighted by molar-refractivity contribution is 7.15. The summed E-state index contributed by atoms with van der Waals surface area (Å²) in [5.41, 5.74) is 0.784. The van der Waals surface area contributed by atoms with Crippen molar-refractivity contribution in [2.75, 3.05) is 0 Å². The van der Waals surface area contributed by atoms with E-state index in [2.05, 4.69) is 4.98 Å². The number of thiazole rings is 1. The van der Waals surface area contributed by atoms with Crippen LogP contribution >= 0.6 is 11.3 Å². The number of hydrogen-bond donors (Lipinski definition) is 1. The summed E-state index contributed by atoms with van der Waals surface area (Å²) in [5.74, 6) is -1.36. The first kappa shape index (κ1) is 10.8. The van der Waals surface area contributed by atoms with E-state index in [1.54, 1.807) is 19.1 Å². The number of halogens is 1. The van der Waals surface area contributed by atoms with Crippen LogP contribution in [0.25, 0.3) is 10.6 Å². The zero-order valence-electron chi connectivity index (χ0n) is 8.40. The average Bonchev–Trinajstić information content (AvgIpc) is 2.61. The Bertz CT molecular complexity index is 533. The van der Waals surface area contributed by atoms with Gasteiger partial charge in [-0.05, 0) is 31.2 Å². The van der Waals surface area contributed by atoms with Crippen molar-refractivity contribution in [3.63, 3.8) is 0 Å². The Labute approximate surface area is 95.2 Å². The largest absolute Gasteiger partial charge is 0.476 e. The molecule has 0 aliphatic carbocycles. The molecule has 1 aromatic heterocycles. The van der Waals surface area contributed by atoms with Crippen LogP contribution in [0.5, 0.6) is 0 Å². The van der Waals surface area contributed by atoms with Crippen molar-refractivity contribution in [2.45, 2.75) is 6.92 Å². The minimum absolute atomic E-state index is 0.0596. The van der Waals surface area contributed by atoms with Gasteiger partial charge >= 0.3 is 5.97 Å². The maximum Gasteiger partial charge on any atom is 0.355 e. The fraction of sp³-hybridized carbons (Fsp3) is 0.0909. The lowest BCUT2D eigenvalue weighted by Crippen LogP contribution is -1.98. The molecule has 3 nitrogen and oxygen atoms in total. The van der Waals surface area contributed by atoms with Crippen LogP contribution in [0.2, 0.25) is 0 Å². The van der Waals surface area contributed by atoms with Gasteiger partial charge < -0.3 is 5.11 Å². The highest BCUT2D eigenvalue weighted by atomic mass is 32.1. The van der Waals surface area contributed by atoms with E-state index >= 15 is 0 Å². The Balaban J connectivity index is 2.45. The Morgan fingerprint density at radius 2 is 2.00 bits per heavy atom. The predicted octanol–water partition coefficient (Wildman–Crippen LogP) is 2.96. The molecule has 0 unspecified atom stereocenters. The molecule has 0 radical (unpaired) electrons. The topological polar surface area (TPSA) is 50.2 Å². The molecule has 0 aliphatic heterocycles. The molecule has 0 atom stereocenters. The van der Waals surface area contributed by atoms with Gasteiger partial charge in [-0.15, -0.1) is 11.3 Å². The predicted molar refractivity (Wildman–Crippen MR) is 59.2 cm³/mol. The van der Waals surface area contributed by atoms with Crippen LogP contribution in [0.15, 0.2) is 24.3 Å². The van der Waals surface area contributed by atoms with Gasteiger partial charge in [-0.1, -0.05) is 0 Å².